The maximum Gasteiger partial charge on any atom is 0.263 e. The molecule has 0 saturated carbocycles. The number of thiazole rings is 1. The quantitative estimate of drug-likeness (QED) is 0.509. The number of pyridine rings is 1. The van der Waals surface area contributed by atoms with Crippen molar-refractivity contribution in [1.82, 2.24) is 24.9 Å². The van der Waals surface area contributed by atoms with Crippen molar-refractivity contribution in [3.8, 4) is 22.1 Å². The molecular formula is C21H21N5O3S. The van der Waals surface area contributed by atoms with Gasteiger partial charge in [-0.05, 0) is 44.2 Å². The fourth-order valence-corrected chi connectivity index (χ4v) is 4.15. The summed E-state index contributed by atoms with van der Waals surface area (Å²) in [6.45, 7) is 3.71. The number of methoxy groups -OCH3 is 2. The van der Waals surface area contributed by atoms with Gasteiger partial charge in [-0.3, -0.25) is 9.20 Å². The van der Waals surface area contributed by atoms with E-state index in [0.717, 1.165) is 16.2 Å². The Labute approximate surface area is 177 Å². The van der Waals surface area contributed by atoms with Gasteiger partial charge in [0.15, 0.2) is 23.0 Å². The predicted molar refractivity (Wildman–Crippen MR) is 114 cm³/mol. The summed E-state index contributed by atoms with van der Waals surface area (Å²) in [6, 6.07) is 10.9. The molecule has 0 fully saturated rings. The second-order valence-electron chi connectivity index (χ2n) is 6.69. The number of amides is 1. The van der Waals surface area contributed by atoms with Crippen LogP contribution in [0.4, 0.5) is 0 Å². The number of nitrogens with zero attached hydrogens (tertiary/aromatic N) is 4. The van der Waals surface area contributed by atoms with Crippen LogP contribution in [-0.4, -0.2) is 39.7 Å². The first-order chi connectivity index (χ1) is 14.5. The second-order valence-corrected chi connectivity index (χ2v) is 7.68. The second kappa shape index (κ2) is 8.11. The zero-order valence-corrected chi connectivity index (χ0v) is 17.9. The number of carbonyl (C=O) groups excluding carboxylic acids is 1. The molecule has 0 radical (unpaired) electrons. The van der Waals surface area contributed by atoms with E-state index in [1.807, 2.05) is 60.8 Å². The number of hydrogen-bond donors (Lipinski definition) is 1. The number of carbonyl (C=O) groups is 1. The molecule has 3 heterocycles. The Hall–Kier alpha value is -3.46. The highest BCUT2D eigenvalue weighted by Gasteiger charge is 2.21. The van der Waals surface area contributed by atoms with Gasteiger partial charge in [0, 0.05) is 11.8 Å². The summed E-state index contributed by atoms with van der Waals surface area (Å²) >= 11 is 1.33. The lowest BCUT2D eigenvalue weighted by Gasteiger charge is -2.11. The molecule has 30 heavy (non-hydrogen) atoms. The van der Waals surface area contributed by atoms with Crippen molar-refractivity contribution in [2.24, 2.45) is 0 Å². The van der Waals surface area contributed by atoms with E-state index in [9.17, 15) is 4.79 Å². The van der Waals surface area contributed by atoms with Crippen molar-refractivity contribution in [2.45, 2.75) is 19.9 Å². The molecule has 3 aromatic heterocycles. The molecule has 1 unspecified atom stereocenters. The molecule has 1 atom stereocenters. The van der Waals surface area contributed by atoms with Crippen LogP contribution in [0, 0.1) is 6.92 Å². The van der Waals surface area contributed by atoms with E-state index in [4.69, 9.17) is 9.47 Å². The first-order valence-electron chi connectivity index (χ1n) is 9.32. The van der Waals surface area contributed by atoms with Crippen molar-refractivity contribution < 1.29 is 14.3 Å². The van der Waals surface area contributed by atoms with Crippen LogP contribution >= 0.6 is 11.3 Å². The van der Waals surface area contributed by atoms with Crippen LogP contribution in [-0.2, 0) is 0 Å². The maximum absolute atomic E-state index is 12.9. The fraction of sp³-hybridized carbons (Fsp3) is 0.238. The minimum atomic E-state index is -0.319. The Morgan fingerprint density at radius 3 is 2.70 bits per heavy atom. The van der Waals surface area contributed by atoms with E-state index >= 15 is 0 Å². The van der Waals surface area contributed by atoms with Gasteiger partial charge in [0.2, 0.25) is 0 Å². The molecule has 0 aliphatic heterocycles. The van der Waals surface area contributed by atoms with Crippen molar-refractivity contribution in [3.05, 3.63) is 59.0 Å². The highest BCUT2D eigenvalue weighted by Crippen LogP contribution is 2.35. The number of aromatic nitrogens is 4. The summed E-state index contributed by atoms with van der Waals surface area (Å²) in [5.41, 5.74) is 2.26. The number of aryl methyl sites for hydroxylation is 1. The lowest BCUT2D eigenvalue weighted by atomic mass is 10.2. The van der Waals surface area contributed by atoms with Gasteiger partial charge in [-0.1, -0.05) is 6.07 Å². The van der Waals surface area contributed by atoms with Crippen molar-refractivity contribution >= 4 is 22.9 Å². The summed E-state index contributed by atoms with van der Waals surface area (Å²) in [5, 5.41) is 12.1. The van der Waals surface area contributed by atoms with Gasteiger partial charge in [0.25, 0.3) is 5.91 Å². The van der Waals surface area contributed by atoms with Gasteiger partial charge in [-0.2, -0.15) is 0 Å². The monoisotopic (exact) mass is 423 g/mol. The summed E-state index contributed by atoms with van der Waals surface area (Å²) in [7, 11) is 3.18. The molecule has 0 saturated heterocycles. The number of benzene rings is 1. The van der Waals surface area contributed by atoms with Crippen LogP contribution < -0.4 is 14.8 Å². The third-order valence-electron chi connectivity index (χ3n) is 4.71. The smallest absolute Gasteiger partial charge is 0.263 e. The molecule has 0 bridgehead atoms. The van der Waals surface area contributed by atoms with Crippen molar-refractivity contribution in [2.75, 3.05) is 14.2 Å². The van der Waals surface area contributed by atoms with Gasteiger partial charge in [-0.15, -0.1) is 21.5 Å². The Morgan fingerprint density at radius 1 is 1.13 bits per heavy atom. The highest BCUT2D eigenvalue weighted by molar-refractivity contribution is 7.17. The first kappa shape index (κ1) is 19.8. The maximum atomic E-state index is 12.9. The number of ether oxygens (including phenoxy) is 2. The average Bonchev–Trinajstić information content (AvgIpc) is 3.37. The summed E-state index contributed by atoms with van der Waals surface area (Å²) in [4.78, 5) is 18.1. The van der Waals surface area contributed by atoms with Crippen LogP contribution in [0.3, 0.4) is 0 Å². The Kier molecular flexibility index (Phi) is 5.37. The zero-order chi connectivity index (χ0) is 21.3. The van der Waals surface area contributed by atoms with Crippen LogP contribution in [0.1, 0.15) is 34.2 Å². The van der Waals surface area contributed by atoms with E-state index in [1.165, 1.54) is 11.3 Å². The Morgan fingerprint density at radius 2 is 1.93 bits per heavy atom. The third kappa shape index (κ3) is 3.59. The molecular weight excluding hydrogens is 402 g/mol. The first-order valence-corrected chi connectivity index (χ1v) is 10.1. The molecule has 4 rings (SSSR count). The summed E-state index contributed by atoms with van der Waals surface area (Å²) < 4.78 is 12.5. The van der Waals surface area contributed by atoms with E-state index in [1.54, 1.807) is 14.2 Å². The molecule has 154 valence electrons. The molecule has 9 heteroatoms. The zero-order valence-electron chi connectivity index (χ0n) is 17.0. The summed E-state index contributed by atoms with van der Waals surface area (Å²) in [5.74, 6) is 1.72. The topological polar surface area (TPSA) is 90.6 Å². The molecule has 8 nitrogen and oxygen atoms in total. The van der Waals surface area contributed by atoms with Crippen LogP contribution in [0.25, 0.3) is 16.2 Å². The highest BCUT2D eigenvalue weighted by atomic mass is 32.1. The van der Waals surface area contributed by atoms with Crippen LogP contribution in [0.2, 0.25) is 0 Å². The molecule has 1 amide bonds. The van der Waals surface area contributed by atoms with Gasteiger partial charge in [0.1, 0.15) is 9.88 Å². The molecule has 1 N–H and O–H groups in total. The van der Waals surface area contributed by atoms with Gasteiger partial charge >= 0.3 is 0 Å². The summed E-state index contributed by atoms with van der Waals surface area (Å²) in [6.07, 6.45) is 1.88. The molecule has 1 aromatic carbocycles. The van der Waals surface area contributed by atoms with E-state index in [2.05, 4.69) is 20.5 Å². The predicted octanol–water partition coefficient (Wildman–Crippen LogP) is 3.67. The van der Waals surface area contributed by atoms with E-state index < -0.39 is 0 Å². The van der Waals surface area contributed by atoms with Crippen LogP contribution in [0.5, 0.6) is 11.5 Å². The minimum absolute atomic E-state index is 0.197. The number of nitrogens with one attached hydrogen (secondary N) is 1. The van der Waals surface area contributed by atoms with Gasteiger partial charge in [-0.25, -0.2) is 4.98 Å². The lowest BCUT2D eigenvalue weighted by molar-refractivity contribution is 0.0941. The molecule has 0 spiro atoms. The lowest BCUT2D eigenvalue weighted by Crippen LogP contribution is -2.27. The Bertz CT molecular complexity index is 1220. The SMILES string of the molecule is COc1ccc(-c2nc(C)c(C(=O)NC(C)c3nnc4ccccn34)s2)cc1OC. The molecule has 0 aliphatic carbocycles. The van der Waals surface area contributed by atoms with Crippen molar-refractivity contribution in [3.63, 3.8) is 0 Å². The number of hydrogen-bond acceptors (Lipinski definition) is 7. The van der Waals surface area contributed by atoms with Gasteiger partial charge in [0.05, 0.1) is 26.0 Å². The van der Waals surface area contributed by atoms with Gasteiger partial charge < -0.3 is 14.8 Å². The average molecular weight is 423 g/mol. The Balaban J connectivity index is 1.58. The van der Waals surface area contributed by atoms with E-state index in [-0.39, 0.29) is 11.9 Å². The number of fused-ring (bicyclic) bond motifs is 1. The molecule has 4 aromatic rings. The normalized spacial score (nSPS) is 12.0. The van der Waals surface area contributed by atoms with E-state index in [0.29, 0.717) is 27.9 Å². The largest absolute Gasteiger partial charge is 0.493 e. The third-order valence-corrected chi connectivity index (χ3v) is 5.91. The minimum Gasteiger partial charge on any atom is -0.493 e. The standard InChI is InChI=1S/C21H21N5O3S/c1-12-18(30-21(23-12)14-8-9-15(28-3)16(11-14)29-4)20(27)22-13(2)19-25-24-17-7-5-6-10-26(17)19/h5-11,13H,1-4H3,(H,22,27). The van der Waals surface area contributed by atoms with Crippen molar-refractivity contribution in [1.29, 1.82) is 0 Å². The number of rotatable bonds is 6. The fourth-order valence-electron chi connectivity index (χ4n) is 3.18. The van der Waals surface area contributed by atoms with Crippen LogP contribution in [0.15, 0.2) is 42.6 Å². The molecule has 0 aliphatic rings.